The van der Waals surface area contributed by atoms with Gasteiger partial charge in [-0.25, -0.2) is 8.42 Å². The van der Waals surface area contributed by atoms with Crippen molar-refractivity contribution in [3.8, 4) is 0 Å². The van der Waals surface area contributed by atoms with Crippen LogP contribution < -0.4 is 10.0 Å². The van der Waals surface area contributed by atoms with Crippen LogP contribution in [0.2, 0.25) is 0 Å². The third-order valence-electron chi connectivity index (χ3n) is 4.23. The van der Waals surface area contributed by atoms with Crippen LogP contribution in [0.1, 0.15) is 42.1 Å². The lowest BCUT2D eigenvalue weighted by Gasteiger charge is -2.21. The van der Waals surface area contributed by atoms with E-state index < -0.39 is 15.9 Å². The number of nitrogens with zero attached hydrogens (tertiary/aromatic N) is 1. The zero-order valence-electron chi connectivity index (χ0n) is 14.1. The van der Waals surface area contributed by atoms with E-state index >= 15 is 0 Å². The molecule has 0 aliphatic heterocycles. The van der Waals surface area contributed by atoms with E-state index in [2.05, 4.69) is 13.8 Å². The Labute approximate surface area is 143 Å². The van der Waals surface area contributed by atoms with E-state index in [0.717, 1.165) is 16.3 Å². The first-order valence-electron chi connectivity index (χ1n) is 7.76. The fraction of sp³-hybridized carbons (Fsp3) is 0.278. The molecule has 0 aromatic heterocycles. The predicted molar refractivity (Wildman–Crippen MR) is 95.7 cm³/mol. The highest BCUT2D eigenvalue weighted by Crippen LogP contribution is 2.27. The van der Waals surface area contributed by atoms with Gasteiger partial charge in [-0.2, -0.15) is 0 Å². The number of hydrogen-bond acceptors (Lipinski definition) is 3. The van der Waals surface area contributed by atoms with Gasteiger partial charge < -0.3 is 5.73 Å². The second-order valence-corrected chi connectivity index (χ2v) is 7.70. The Bertz CT molecular complexity index is 830. The summed E-state index contributed by atoms with van der Waals surface area (Å²) in [4.78, 5) is 11.7. The van der Waals surface area contributed by atoms with Gasteiger partial charge in [-0.1, -0.05) is 38.1 Å². The second kappa shape index (κ2) is 7.05. The van der Waals surface area contributed by atoms with Gasteiger partial charge in [0.15, 0.2) is 0 Å². The fourth-order valence-corrected chi connectivity index (χ4v) is 3.66. The normalized spacial score (nSPS) is 12.6. The molecular weight excluding hydrogens is 324 g/mol. The minimum absolute atomic E-state index is 0.166. The van der Waals surface area contributed by atoms with Crippen LogP contribution in [0, 0.1) is 0 Å². The molecule has 0 saturated heterocycles. The number of nitrogens with two attached hydrogens (primary N) is 1. The number of anilines is 1. The van der Waals surface area contributed by atoms with Crippen LogP contribution in [0.5, 0.6) is 0 Å². The molecule has 0 saturated carbocycles. The molecule has 0 bridgehead atoms. The molecule has 128 valence electrons. The standard InChI is InChI=1S/C18H22N2O3S/c1-4-13(2)14-9-11-15(12-10-14)24(22,23)20(3)17-8-6-5-7-16(17)18(19)21/h5-13H,4H2,1-3H3,(H2,19,21)/t13-/m0/s1. The topological polar surface area (TPSA) is 80.5 Å². The van der Waals surface area contributed by atoms with Gasteiger partial charge in [-0.05, 0) is 42.2 Å². The Morgan fingerprint density at radius 2 is 1.71 bits per heavy atom. The van der Waals surface area contributed by atoms with Gasteiger partial charge in [0.2, 0.25) is 0 Å². The smallest absolute Gasteiger partial charge is 0.264 e. The molecule has 5 nitrogen and oxygen atoms in total. The number of para-hydroxylation sites is 1. The fourth-order valence-electron chi connectivity index (χ4n) is 2.45. The van der Waals surface area contributed by atoms with Crippen molar-refractivity contribution in [2.45, 2.75) is 31.1 Å². The number of primary amides is 1. The summed E-state index contributed by atoms with van der Waals surface area (Å²) in [5.74, 6) is -0.296. The van der Waals surface area contributed by atoms with Gasteiger partial charge in [0, 0.05) is 7.05 Å². The molecule has 0 aliphatic carbocycles. The third kappa shape index (κ3) is 3.43. The number of carbonyl (C=O) groups is 1. The number of amides is 1. The molecule has 2 aromatic rings. The number of benzene rings is 2. The first-order chi connectivity index (χ1) is 11.3. The van der Waals surface area contributed by atoms with E-state index in [1.165, 1.54) is 13.1 Å². The summed E-state index contributed by atoms with van der Waals surface area (Å²) in [6.07, 6.45) is 0.984. The molecule has 0 radical (unpaired) electrons. The summed E-state index contributed by atoms with van der Waals surface area (Å²) in [5, 5.41) is 0. The molecule has 0 unspecified atom stereocenters. The summed E-state index contributed by atoms with van der Waals surface area (Å²) in [5.41, 5.74) is 6.86. The highest BCUT2D eigenvalue weighted by Gasteiger charge is 2.24. The molecule has 0 aliphatic rings. The molecule has 1 amide bonds. The lowest BCUT2D eigenvalue weighted by molar-refractivity contribution is 0.100. The van der Waals surface area contributed by atoms with Gasteiger partial charge in [0.25, 0.3) is 15.9 Å². The lowest BCUT2D eigenvalue weighted by Crippen LogP contribution is -2.29. The highest BCUT2D eigenvalue weighted by molar-refractivity contribution is 7.92. The molecular formula is C18H22N2O3S. The average Bonchev–Trinajstić information content (AvgIpc) is 2.60. The van der Waals surface area contributed by atoms with Crippen molar-refractivity contribution in [1.29, 1.82) is 0 Å². The second-order valence-electron chi connectivity index (χ2n) is 5.73. The van der Waals surface area contributed by atoms with Crippen LogP contribution >= 0.6 is 0 Å². The Balaban J connectivity index is 2.42. The maximum Gasteiger partial charge on any atom is 0.264 e. The van der Waals surface area contributed by atoms with Crippen molar-refractivity contribution in [1.82, 2.24) is 0 Å². The van der Waals surface area contributed by atoms with Crippen LogP contribution in [0.4, 0.5) is 5.69 Å². The molecule has 1 atom stereocenters. The average molecular weight is 346 g/mol. The molecule has 2 N–H and O–H groups in total. The van der Waals surface area contributed by atoms with Gasteiger partial charge >= 0.3 is 0 Å². The summed E-state index contributed by atoms with van der Waals surface area (Å²) < 4.78 is 26.8. The molecule has 6 heteroatoms. The summed E-state index contributed by atoms with van der Waals surface area (Å²) in [6, 6.07) is 13.2. The molecule has 0 heterocycles. The Morgan fingerprint density at radius 1 is 1.12 bits per heavy atom. The molecule has 0 spiro atoms. The number of sulfonamides is 1. The van der Waals surface area contributed by atoms with Crippen LogP contribution in [0.15, 0.2) is 53.4 Å². The van der Waals surface area contributed by atoms with Crippen molar-refractivity contribution < 1.29 is 13.2 Å². The first kappa shape index (κ1) is 18.0. The largest absolute Gasteiger partial charge is 0.366 e. The summed E-state index contributed by atoms with van der Waals surface area (Å²) in [6.45, 7) is 4.18. The van der Waals surface area contributed by atoms with Gasteiger partial charge in [-0.15, -0.1) is 0 Å². The van der Waals surface area contributed by atoms with E-state index in [-0.39, 0.29) is 16.1 Å². The van der Waals surface area contributed by atoms with E-state index in [9.17, 15) is 13.2 Å². The number of rotatable bonds is 6. The van der Waals surface area contributed by atoms with Gasteiger partial charge in [0.05, 0.1) is 16.1 Å². The quantitative estimate of drug-likeness (QED) is 0.872. The Kier molecular flexibility index (Phi) is 5.29. The monoisotopic (exact) mass is 346 g/mol. The van der Waals surface area contributed by atoms with Crippen molar-refractivity contribution in [2.24, 2.45) is 5.73 Å². The minimum atomic E-state index is -3.77. The van der Waals surface area contributed by atoms with Gasteiger partial charge in [-0.3, -0.25) is 9.10 Å². The maximum atomic E-state index is 12.8. The predicted octanol–water partition coefficient (Wildman–Crippen LogP) is 3.12. The first-order valence-corrected chi connectivity index (χ1v) is 9.20. The number of hydrogen-bond donors (Lipinski definition) is 1. The van der Waals surface area contributed by atoms with Crippen molar-refractivity contribution in [3.05, 3.63) is 59.7 Å². The van der Waals surface area contributed by atoms with Crippen molar-refractivity contribution >= 4 is 21.6 Å². The minimum Gasteiger partial charge on any atom is -0.366 e. The van der Waals surface area contributed by atoms with E-state index in [1.54, 1.807) is 30.3 Å². The zero-order chi connectivity index (χ0) is 17.9. The van der Waals surface area contributed by atoms with E-state index in [4.69, 9.17) is 5.73 Å². The van der Waals surface area contributed by atoms with Crippen LogP contribution in [0.25, 0.3) is 0 Å². The number of carbonyl (C=O) groups excluding carboxylic acids is 1. The lowest BCUT2D eigenvalue weighted by atomic mass is 9.99. The zero-order valence-corrected chi connectivity index (χ0v) is 14.9. The molecule has 24 heavy (non-hydrogen) atoms. The Hall–Kier alpha value is -2.34. The van der Waals surface area contributed by atoms with E-state index in [1.807, 2.05) is 12.1 Å². The third-order valence-corrected chi connectivity index (χ3v) is 6.01. The van der Waals surface area contributed by atoms with E-state index in [0.29, 0.717) is 5.92 Å². The molecule has 2 rings (SSSR count). The SMILES string of the molecule is CC[C@H](C)c1ccc(S(=O)(=O)N(C)c2ccccc2C(N)=O)cc1. The maximum absolute atomic E-state index is 12.8. The van der Waals surface area contributed by atoms with Gasteiger partial charge in [0.1, 0.15) is 0 Å². The van der Waals surface area contributed by atoms with Crippen LogP contribution in [-0.4, -0.2) is 21.4 Å². The molecule has 2 aromatic carbocycles. The molecule has 0 fully saturated rings. The van der Waals surface area contributed by atoms with Crippen molar-refractivity contribution in [2.75, 3.05) is 11.4 Å². The van der Waals surface area contributed by atoms with Crippen LogP contribution in [0.3, 0.4) is 0 Å². The Morgan fingerprint density at radius 3 is 2.25 bits per heavy atom. The summed E-state index contributed by atoms with van der Waals surface area (Å²) >= 11 is 0. The van der Waals surface area contributed by atoms with Crippen molar-refractivity contribution in [3.63, 3.8) is 0 Å². The highest BCUT2D eigenvalue weighted by atomic mass is 32.2. The summed E-state index contributed by atoms with van der Waals surface area (Å²) in [7, 11) is -2.36. The van der Waals surface area contributed by atoms with Crippen LogP contribution in [-0.2, 0) is 10.0 Å².